The number of amidine groups is 1. The number of nitrogens with zero attached hydrogens (tertiary/aromatic N) is 2. The molecule has 0 fully saturated rings. The molecule has 0 unspecified atom stereocenters. The summed E-state index contributed by atoms with van der Waals surface area (Å²) in [5.74, 6) is -0.880. The second-order valence-corrected chi connectivity index (χ2v) is 4.41. The van der Waals surface area contributed by atoms with Crippen LogP contribution < -0.4 is 10.6 Å². The van der Waals surface area contributed by atoms with E-state index in [1.54, 1.807) is 31.3 Å². The first kappa shape index (κ1) is 14.5. The van der Waals surface area contributed by atoms with Crippen molar-refractivity contribution in [3.63, 3.8) is 0 Å². The summed E-state index contributed by atoms with van der Waals surface area (Å²) in [4.78, 5) is 13.7. The van der Waals surface area contributed by atoms with E-state index in [9.17, 15) is 9.18 Å². The molecule has 0 aliphatic carbocycles. The van der Waals surface area contributed by atoms with Crippen molar-refractivity contribution >= 4 is 17.4 Å². The van der Waals surface area contributed by atoms with Crippen LogP contribution in [-0.4, -0.2) is 24.0 Å². The number of halogens is 1. The smallest absolute Gasteiger partial charge is 0.258 e. The monoisotopic (exact) mass is 287 g/mol. The zero-order valence-corrected chi connectivity index (χ0v) is 11.3. The second-order valence-electron chi connectivity index (χ2n) is 4.41. The molecule has 2 rings (SSSR count). The Kier molecular flexibility index (Phi) is 4.18. The van der Waals surface area contributed by atoms with Crippen molar-refractivity contribution in [2.45, 2.75) is 0 Å². The van der Waals surface area contributed by atoms with Crippen molar-refractivity contribution in [1.29, 1.82) is 0 Å². The molecule has 3 N–H and O–H groups in total. The van der Waals surface area contributed by atoms with E-state index in [4.69, 9.17) is 10.9 Å². The van der Waals surface area contributed by atoms with Gasteiger partial charge in [-0.1, -0.05) is 23.4 Å². The maximum Gasteiger partial charge on any atom is 0.258 e. The number of benzene rings is 2. The fourth-order valence-corrected chi connectivity index (χ4v) is 1.86. The molecule has 0 heterocycles. The number of amides is 1. The molecule has 2 aromatic rings. The normalized spacial score (nSPS) is 11.2. The minimum Gasteiger partial charge on any atom is -0.409 e. The molecular weight excluding hydrogens is 273 g/mol. The van der Waals surface area contributed by atoms with Crippen LogP contribution in [0, 0.1) is 5.82 Å². The van der Waals surface area contributed by atoms with Crippen LogP contribution in [0.2, 0.25) is 0 Å². The average Bonchev–Trinajstić information content (AvgIpc) is 2.52. The molecule has 0 saturated heterocycles. The van der Waals surface area contributed by atoms with E-state index in [1.807, 2.05) is 0 Å². The van der Waals surface area contributed by atoms with Crippen LogP contribution in [0.25, 0.3) is 0 Å². The second kappa shape index (κ2) is 6.04. The SMILES string of the molecule is CN(C(=O)c1cccc(F)c1)c1cccc(C(N)=NO)c1. The highest BCUT2D eigenvalue weighted by molar-refractivity contribution is 6.06. The summed E-state index contributed by atoms with van der Waals surface area (Å²) in [5.41, 5.74) is 6.79. The van der Waals surface area contributed by atoms with Crippen LogP contribution in [0.4, 0.5) is 10.1 Å². The fourth-order valence-electron chi connectivity index (χ4n) is 1.86. The van der Waals surface area contributed by atoms with Gasteiger partial charge in [-0.05, 0) is 30.3 Å². The Bertz CT molecular complexity index is 701. The number of rotatable bonds is 3. The highest BCUT2D eigenvalue weighted by atomic mass is 19.1. The molecule has 0 aliphatic heterocycles. The van der Waals surface area contributed by atoms with Gasteiger partial charge in [0.1, 0.15) is 5.82 Å². The van der Waals surface area contributed by atoms with Gasteiger partial charge in [-0.25, -0.2) is 4.39 Å². The molecule has 108 valence electrons. The minimum absolute atomic E-state index is 0.0524. The molecule has 1 amide bonds. The molecule has 0 bridgehead atoms. The molecule has 0 saturated carbocycles. The third kappa shape index (κ3) is 3.17. The Morgan fingerprint density at radius 1 is 1.19 bits per heavy atom. The highest BCUT2D eigenvalue weighted by Gasteiger charge is 2.14. The molecule has 0 radical (unpaired) electrons. The molecule has 6 heteroatoms. The van der Waals surface area contributed by atoms with Crippen LogP contribution in [-0.2, 0) is 0 Å². The third-order valence-electron chi connectivity index (χ3n) is 3.01. The van der Waals surface area contributed by atoms with Crippen molar-refractivity contribution in [3.05, 3.63) is 65.5 Å². The fraction of sp³-hybridized carbons (Fsp3) is 0.0667. The molecule has 21 heavy (non-hydrogen) atoms. The topological polar surface area (TPSA) is 78.9 Å². The summed E-state index contributed by atoms with van der Waals surface area (Å²) in [7, 11) is 1.57. The summed E-state index contributed by atoms with van der Waals surface area (Å²) in [5, 5.41) is 11.6. The van der Waals surface area contributed by atoms with E-state index in [2.05, 4.69) is 5.16 Å². The van der Waals surface area contributed by atoms with Crippen LogP contribution in [0.1, 0.15) is 15.9 Å². The molecule has 5 nitrogen and oxygen atoms in total. The van der Waals surface area contributed by atoms with Gasteiger partial charge in [0.25, 0.3) is 5.91 Å². The molecule has 2 aromatic carbocycles. The van der Waals surface area contributed by atoms with Crippen LogP contribution in [0.5, 0.6) is 0 Å². The summed E-state index contributed by atoms with van der Waals surface area (Å²) in [6.45, 7) is 0. The van der Waals surface area contributed by atoms with Gasteiger partial charge in [0.05, 0.1) is 0 Å². The molecular formula is C15H14FN3O2. The zero-order chi connectivity index (χ0) is 15.4. The molecule has 0 aromatic heterocycles. The first-order valence-corrected chi connectivity index (χ1v) is 6.14. The standard InChI is InChI=1S/C15H14FN3O2/c1-19(15(20)11-5-2-6-12(16)8-11)13-7-3-4-10(9-13)14(17)18-21/h2-9,21H,1H3,(H2,17,18). The van der Waals surface area contributed by atoms with Gasteiger partial charge in [-0.3, -0.25) is 4.79 Å². The lowest BCUT2D eigenvalue weighted by molar-refractivity contribution is 0.0992. The Morgan fingerprint density at radius 2 is 1.86 bits per heavy atom. The lowest BCUT2D eigenvalue weighted by atomic mass is 10.1. The van der Waals surface area contributed by atoms with Crippen molar-refractivity contribution in [1.82, 2.24) is 0 Å². The summed E-state index contributed by atoms with van der Waals surface area (Å²) < 4.78 is 13.2. The van der Waals surface area contributed by atoms with Gasteiger partial charge in [0, 0.05) is 23.9 Å². The largest absolute Gasteiger partial charge is 0.409 e. The number of carbonyl (C=O) groups excluding carboxylic acids is 1. The third-order valence-corrected chi connectivity index (χ3v) is 3.01. The van der Waals surface area contributed by atoms with E-state index in [0.717, 1.165) is 0 Å². The summed E-state index contributed by atoms with van der Waals surface area (Å²) >= 11 is 0. The van der Waals surface area contributed by atoms with Gasteiger partial charge in [-0.2, -0.15) is 0 Å². The average molecular weight is 287 g/mol. The number of carbonyl (C=O) groups is 1. The van der Waals surface area contributed by atoms with Crippen LogP contribution in [0.3, 0.4) is 0 Å². The van der Waals surface area contributed by atoms with Crippen molar-refractivity contribution < 1.29 is 14.4 Å². The number of hydrogen-bond donors (Lipinski definition) is 2. The Morgan fingerprint density at radius 3 is 2.52 bits per heavy atom. The van der Waals surface area contributed by atoms with Crippen molar-refractivity contribution in [2.75, 3.05) is 11.9 Å². The molecule has 0 aliphatic rings. The number of hydrogen-bond acceptors (Lipinski definition) is 3. The maximum atomic E-state index is 13.2. The van der Waals surface area contributed by atoms with Crippen molar-refractivity contribution in [3.8, 4) is 0 Å². The minimum atomic E-state index is -0.473. The zero-order valence-electron chi connectivity index (χ0n) is 11.3. The van der Waals surface area contributed by atoms with Gasteiger partial charge in [-0.15, -0.1) is 0 Å². The number of oxime groups is 1. The van der Waals surface area contributed by atoms with Gasteiger partial charge in [0.2, 0.25) is 0 Å². The molecule has 0 spiro atoms. The predicted octanol–water partition coefficient (Wildman–Crippen LogP) is 2.20. The highest BCUT2D eigenvalue weighted by Crippen LogP contribution is 2.17. The van der Waals surface area contributed by atoms with Gasteiger partial charge >= 0.3 is 0 Å². The Labute approximate surface area is 121 Å². The van der Waals surface area contributed by atoms with E-state index < -0.39 is 5.82 Å². The first-order valence-electron chi connectivity index (χ1n) is 6.14. The van der Waals surface area contributed by atoms with E-state index in [0.29, 0.717) is 11.3 Å². The summed E-state index contributed by atoms with van der Waals surface area (Å²) in [6.07, 6.45) is 0. The Hall–Kier alpha value is -2.89. The van der Waals surface area contributed by atoms with E-state index in [-0.39, 0.29) is 17.3 Å². The lowest BCUT2D eigenvalue weighted by Crippen LogP contribution is -2.26. The van der Waals surface area contributed by atoms with E-state index >= 15 is 0 Å². The van der Waals surface area contributed by atoms with Crippen LogP contribution >= 0.6 is 0 Å². The lowest BCUT2D eigenvalue weighted by Gasteiger charge is -2.18. The van der Waals surface area contributed by atoms with Gasteiger partial charge < -0.3 is 15.8 Å². The van der Waals surface area contributed by atoms with Crippen molar-refractivity contribution in [2.24, 2.45) is 10.9 Å². The number of nitrogens with two attached hydrogens (primary N) is 1. The van der Waals surface area contributed by atoms with Crippen LogP contribution in [0.15, 0.2) is 53.7 Å². The first-order chi connectivity index (χ1) is 10.0. The molecule has 0 atom stereocenters. The summed E-state index contributed by atoms with van der Waals surface area (Å²) in [6, 6.07) is 12.1. The number of anilines is 1. The Balaban J connectivity index is 2.31. The van der Waals surface area contributed by atoms with Gasteiger partial charge in [0.15, 0.2) is 5.84 Å². The quantitative estimate of drug-likeness (QED) is 0.393. The predicted molar refractivity (Wildman–Crippen MR) is 78.1 cm³/mol. The van der Waals surface area contributed by atoms with E-state index in [1.165, 1.54) is 29.2 Å². The maximum absolute atomic E-state index is 13.2.